The van der Waals surface area contributed by atoms with Crippen molar-refractivity contribution in [3.8, 4) is 0 Å². The highest BCUT2D eigenvalue weighted by Gasteiger charge is 2.22. The van der Waals surface area contributed by atoms with Gasteiger partial charge in [-0.2, -0.15) is 0 Å². The fourth-order valence-electron chi connectivity index (χ4n) is 2.23. The number of carbonyl (C=O) groups is 1. The van der Waals surface area contributed by atoms with Crippen LogP contribution in [0.3, 0.4) is 0 Å². The molecule has 6 heteroatoms. The molecule has 1 N–H and O–H groups in total. The van der Waals surface area contributed by atoms with Crippen LogP contribution in [0.5, 0.6) is 0 Å². The molecule has 6 nitrogen and oxygen atoms in total. The van der Waals surface area contributed by atoms with Crippen molar-refractivity contribution in [3.05, 3.63) is 24.3 Å². The predicted octanol–water partition coefficient (Wildman–Crippen LogP) is 0.204. The van der Waals surface area contributed by atoms with Crippen LogP contribution in [0.15, 0.2) is 18.7 Å². The molecular weight excluding hydrogens is 244 g/mol. The summed E-state index contributed by atoms with van der Waals surface area (Å²) in [6.45, 7) is 2.55. The first-order chi connectivity index (χ1) is 9.29. The molecule has 2 heterocycles. The number of carbonyl (C=O) groups excluding carboxylic acids is 1. The lowest BCUT2D eigenvalue weighted by molar-refractivity contribution is -0.136. The van der Waals surface area contributed by atoms with Gasteiger partial charge < -0.3 is 15.0 Å². The summed E-state index contributed by atoms with van der Waals surface area (Å²) in [6.07, 6.45) is 7.12. The van der Waals surface area contributed by atoms with Crippen molar-refractivity contribution < 1.29 is 9.53 Å². The molecule has 1 amide bonds. The Kier molecular flexibility index (Phi) is 5.23. The van der Waals surface area contributed by atoms with Crippen LogP contribution in [0.4, 0.5) is 0 Å². The fraction of sp³-hybridized carbons (Fsp3) is 0.615. The minimum absolute atomic E-state index is 0.0809. The quantitative estimate of drug-likeness (QED) is 0.823. The average Bonchev–Trinajstić information content (AvgIpc) is 2.47. The average molecular weight is 264 g/mol. The molecule has 1 aliphatic heterocycles. The molecule has 0 aromatic carbocycles. The van der Waals surface area contributed by atoms with E-state index in [0.717, 1.165) is 38.0 Å². The van der Waals surface area contributed by atoms with E-state index in [2.05, 4.69) is 15.3 Å². The largest absolute Gasteiger partial charge is 0.375 e. The molecule has 0 spiro atoms. The molecule has 0 radical (unpaired) electrons. The Labute approximate surface area is 113 Å². The Morgan fingerprint density at radius 1 is 1.42 bits per heavy atom. The van der Waals surface area contributed by atoms with Gasteiger partial charge in [-0.3, -0.25) is 4.79 Å². The van der Waals surface area contributed by atoms with E-state index >= 15 is 0 Å². The third kappa shape index (κ3) is 4.25. The van der Waals surface area contributed by atoms with Gasteiger partial charge in [-0.15, -0.1) is 0 Å². The summed E-state index contributed by atoms with van der Waals surface area (Å²) < 4.78 is 4.87. The molecule has 1 saturated heterocycles. The summed E-state index contributed by atoms with van der Waals surface area (Å²) in [4.78, 5) is 21.5. The molecule has 1 fully saturated rings. The predicted molar refractivity (Wildman–Crippen MR) is 70.3 cm³/mol. The van der Waals surface area contributed by atoms with Gasteiger partial charge in [-0.1, -0.05) is 0 Å². The van der Waals surface area contributed by atoms with Crippen molar-refractivity contribution in [2.75, 3.05) is 26.8 Å². The number of hydrogen-bond acceptors (Lipinski definition) is 5. The molecular formula is C13H20N4O2. The third-order valence-corrected chi connectivity index (χ3v) is 3.32. The molecule has 0 unspecified atom stereocenters. The standard InChI is InChI=1S/C13H20N4O2/c1-19-9-13(18)17-4-2-12(3-5-17)16-8-11-6-14-10-15-7-11/h6-7,10,12,16H,2-5,8-9H2,1H3. The van der Waals surface area contributed by atoms with Crippen LogP contribution < -0.4 is 5.32 Å². The molecule has 0 atom stereocenters. The summed E-state index contributed by atoms with van der Waals surface area (Å²) in [5.74, 6) is 0.0809. The Hall–Kier alpha value is -1.53. The SMILES string of the molecule is COCC(=O)N1CCC(NCc2cncnc2)CC1. The summed E-state index contributed by atoms with van der Waals surface area (Å²) >= 11 is 0. The summed E-state index contributed by atoms with van der Waals surface area (Å²) in [5.41, 5.74) is 1.08. The van der Waals surface area contributed by atoms with Crippen LogP contribution in [-0.4, -0.2) is 53.6 Å². The van der Waals surface area contributed by atoms with Gasteiger partial charge in [0.15, 0.2) is 0 Å². The van der Waals surface area contributed by atoms with Gasteiger partial charge >= 0.3 is 0 Å². The van der Waals surface area contributed by atoms with Gasteiger partial charge in [0.25, 0.3) is 0 Å². The van der Waals surface area contributed by atoms with E-state index in [1.54, 1.807) is 7.11 Å². The van der Waals surface area contributed by atoms with E-state index in [1.807, 2.05) is 17.3 Å². The zero-order valence-electron chi connectivity index (χ0n) is 11.2. The minimum atomic E-state index is 0.0809. The van der Waals surface area contributed by atoms with Crippen molar-refractivity contribution >= 4 is 5.91 Å². The maximum absolute atomic E-state index is 11.6. The Bertz CT molecular complexity index is 391. The highest BCUT2D eigenvalue weighted by atomic mass is 16.5. The summed E-state index contributed by atoms with van der Waals surface area (Å²) in [5, 5.41) is 3.48. The first kappa shape index (κ1) is 13.9. The number of amides is 1. The van der Waals surface area contributed by atoms with Crippen LogP contribution in [0.2, 0.25) is 0 Å². The van der Waals surface area contributed by atoms with Crippen LogP contribution >= 0.6 is 0 Å². The third-order valence-electron chi connectivity index (χ3n) is 3.32. The maximum Gasteiger partial charge on any atom is 0.248 e. The number of likely N-dealkylation sites (tertiary alicyclic amines) is 1. The molecule has 0 saturated carbocycles. The number of ether oxygens (including phenoxy) is 1. The number of piperidine rings is 1. The summed E-state index contributed by atoms with van der Waals surface area (Å²) in [7, 11) is 1.55. The van der Waals surface area contributed by atoms with Gasteiger partial charge in [0, 0.05) is 50.7 Å². The summed E-state index contributed by atoms with van der Waals surface area (Å²) in [6, 6.07) is 0.451. The number of methoxy groups -OCH3 is 1. The normalized spacial score (nSPS) is 16.6. The molecule has 1 aromatic rings. The molecule has 1 aromatic heterocycles. The number of hydrogen-bond donors (Lipinski definition) is 1. The molecule has 2 rings (SSSR count). The van der Waals surface area contributed by atoms with Crippen LogP contribution in [0, 0.1) is 0 Å². The lowest BCUT2D eigenvalue weighted by atomic mass is 10.0. The molecule has 0 aliphatic carbocycles. The van der Waals surface area contributed by atoms with E-state index in [4.69, 9.17) is 4.74 Å². The van der Waals surface area contributed by atoms with E-state index in [9.17, 15) is 4.79 Å². The van der Waals surface area contributed by atoms with Gasteiger partial charge in [0.2, 0.25) is 5.91 Å². The van der Waals surface area contributed by atoms with Gasteiger partial charge in [0.05, 0.1) is 0 Å². The highest BCUT2D eigenvalue weighted by molar-refractivity contribution is 5.77. The van der Waals surface area contributed by atoms with E-state index in [0.29, 0.717) is 6.04 Å². The van der Waals surface area contributed by atoms with E-state index in [-0.39, 0.29) is 12.5 Å². The zero-order valence-corrected chi connectivity index (χ0v) is 11.2. The lowest BCUT2D eigenvalue weighted by Crippen LogP contribution is -2.45. The first-order valence-corrected chi connectivity index (χ1v) is 6.53. The number of rotatable bonds is 5. The number of nitrogens with one attached hydrogen (secondary N) is 1. The number of nitrogens with zero attached hydrogens (tertiary/aromatic N) is 3. The minimum Gasteiger partial charge on any atom is -0.375 e. The van der Waals surface area contributed by atoms with Crippen molar-refractivity contribution in [1.29, 1.82) is 0 Å². The van der Waals surface area contributed by atoms with E-state index in [1.165, 1.54) is 6.33 Å². The maximum atomic E-state index is 11.6. The van der Waals surface area contributed by atoms with Crippen molar-refractivity contribution in [2.24, 2.45) is 0 Å². The Balaban J connectivity index is 1.70. The highest BCUT2D eigenvalue weighted by Crippen LogP contribution is 2.11. The molecule has 0 bridgehead atoms. The Morgan fingerprint density at radius 3 is 2.74 bits per heavy atom. The fourth-order valence-corrected chi connectivity index (χ4v) is 2.23. The molecule has 1 aliphatic rings. The molecule has 104 valence electrons. The van der Waals surface area contributed by atoms with Gasteiger partial charge in [-0.05, 0) is 12.8 Å². The first-order valence-electron chi connectivity index (χ1n) is 6.53. The van der Waals surface area contributed by atoms with Gasteiger partial charge in [-0.25, -0.2) is 9.97 Å². The Morgan fingerprint density at radius 2 is 2.11 bits per heavy atom. The van der Waals surface area contributed by atoms with Crippen molar-refractivity contribution in [3.63, 3.8) is 0 Å². The van der Waals surface area contributed by atoms with Crippen LogP contribution in [0.25, 0.3) is 0 Å². The lowest BCUT2D eigenvalue weighted by Gasteiger charge is -2.32. The second kappa shape index (κ2) is 7.16. The number of aromatic nitrogens is 2. The smallest absolute Gasteiger partial charge is 0.248 e. The second-order valence-electron chi connectivity index (χ2n) is 4.72. The van der Waals surface area contributed by atoms with Crippen molar-refractivity contribution in [2.45, 2.75) is 25.4 Å². The van der Waals surface area contributed by atoms with Crippen LogP contribution in [0.1, 0.15) is 18.4 Å². The van der Waals surface area contributed by atoms with E-state index < -0.39 is 0 Å². The van der Waals surface area contributed by atoms with Gasteiger partial charge in [0.1, 0.15) is 12.9 Å². The monoisotopic (exact) mass is 264 g/mol. The topological polar surface area (TPSA) is 67.3 Å². The molecule has 19 heavy (non-hydrogen) atoms. The second-order valence-corrected chi connectivity index (χ2v) is 4.72. The van der Waals surface area contributed by atoms with Crippen molar-refractivity contribution in [1.82, 2.24) is 20.2 Å². The zero-order chi connectivity index (χ0) is 13.5. The van der Waals surface area contributed by atoms with Crippen LogP contribution in [-0.2, 0) is 16.1 Å².